The van der Waals surface area contributed by atoms with Crippen LogP contribution in [0.3, 0.4) is 0 Å². The summed E-state index contributed by atoms with van der Waals surface area (Å²) in [7, 11) is 1.92. The van der Waals surface area contributed by atoms with Crippen molar-refractivity contribution in [3.05, 3.63) is 57.4 Å². The Labute approximate surface area is 119 Å². The van der Waals surface area contributed by atoms with Crippen molar-refractivity contribution in [3.63, 3.8) is 0 Å². The maximum atomic E-state index is 11.8. The first-order chi connectivity index (χ1) is 8.66. The number of benzene rings is 1. The van der Waals surface area contributed by atoms with E-state index in [1.807, 2.05) is 48.1 Å². The van der Waals surface area contributed by atoms with Crippen molar-refractivity contribution in [1.82, 2.24) is 9.99 Å². The van der Waals surface area contributed by atoms with Crippen LogP contribution in [0.1, 0.15) is 16.1 Å². The molecule has 1 heterocycles. The molecule has 0 aliphatic carbocycles. The summed E-state index contributed by atoms with van der Waals surface area (Å²) in [4.78, 5) is 11.8. The summed E-state index contributed by atoms with van der Waals surface area (Å²) in [5.74, 6) is -0.209. The van der Waals surface area contributed by atoms with E-state index in [2.05, 4.69) is 33.1 Å². The van der Waals surface area contributed by atoms with Gasteiger partial charge in [0.15, 0.2) is 0 Å². The molecule has 0 aliphatic heterocycles. The summed E-state index contributed by atoms with van der Waals surface area (Å²) < 4.78 is 2.94. The van der Waals surface area contributed by atoms with Gasteiger partial charge >= 0.3 is 0 Å². The maximum Gasteiger partial charge on any atom is 0.271 e. The van der Waals surface area contributed by atoms with Gasteiger partial charge < -0.3 is 4.57 Å². The van der Waals surface area contributed by atoms with E-state index in [1.54, 1.807) is 12.3 Å². The Bertz CT molecular complexity index is 589. The fraction of sp³-hybridized carbons (Fsp3) is 0.0769. The molecule has 4 nitrogen and oxygen atoms in total. The van der Waals surface area contributed by atoms with Crippen molar-refractivity contribution in [2.24, 2.45) is 12.1 Å². The van der Waals surface area contributed by atoms with E-state index in [4.69, 9.17) is 0 Å². The minimum Gasteiger partial charge on any atom is -0.350 e. The first kappa shape index (κ1) is 12.8. The van der Waals surface area contributed by atoms with Gasteiger partial charge in [-0.2, -0.15) is 5.10 Å². The highest BCUT2D eigenvalue weighted by molar-refractivity contribution is 14.1. The molecule has 1 aromatic carbocycles. The Kier molecular flexibility index (Phi) is 4.14. The molecular formula is C13H12IN3O. The second-order valence-electron chi connectivity index (χ2n) is 3.75. The van der Waals surface area contributed by atoms with Gasteiger partial charge in [0.05, 0.1) is 11.9 Å². The van der Waals surface area contributed by atoms with Crippen molar-refractivity contribution < 1.29 is 4.79 Å². The molecule has 1 aromatic heterocycles. The quantitative estimate of drug-likeness (QED) is 0.514. The summed E-state index contributed by atoms with van der Waals surface area (Å²) in [6.45, 7) is 0. The predicted molar refractivity (Wildman–Crippen MR) is 79.6 cm³/mol. The van der Waals surface area contributed by atoms with Gasteiger partial charge in [-0.25, -0.2) is 5.43 Å². The number of aromatic nitrogens is 1. The molecule has 2 rings (SSSR count). The van der Waals surface area contributed by atoms with Crippen molar-refractivity contribution in [3.8, 4) is 0 Å². The van der Waals surface area contributed by atoms with Gasteiger partial charge in [-0.1, -0.05) is 6.07 Å². The number of hydrazone groups is 1. The molecule has 1 amide bonds. The molecule has 0 aliphatic rings. The minimum atomic E-state index is -0.209. The SMILES string of the molecule is Cn1cccc1/C=N\NC(=O)c1cccc(I)c1. The van der Waals surface area contributed by atoms with Gasteiger partial charge in [-0.05, 0) is 52.9 Å². The van der Waals surface area contributed by atoms with Crippen molar-refractivity contribution in [1.29, 1.82) is 0 Å². The first-order valence-electron chi connectivity index (χ1n) is 5.37. The molecule has 92 valence electrons. The van der Waals surface area contributed by atoms with Crippen LogP contribution >= 0.6 is 22.6 Å². The molecule has 18 heavy (non-hydrogen) atoms. The third-order valence-electron chi connectivity index (χ3n) is 2.43. The maximum absolute atomic E-state index is 11.8. The number of carbonyl (C=O) groups is 1. The molecule has 0 fully saturated rings. The van der Waals surface area contributed by atoms with Crippen LogP contribution < -0.4 is 5.43 Å². The Balaban J connectivity index is 2.01. The largest absolute Gasteiger partial charge is 0.350 e. The van der Waals surface area contributed by atoms with Gasteiger partial charge in [0, 0.05) is 22.4 Å². The number of nitrogens with zero attached hydrogens (tertiary/aromatic N) is 2. The number of nitrogens with one attached hydrogen (secondary N) is 1. The fourth-order valence-electron chi connectivity index (χ4n) is 1.46. The van der Waals surface area contributed by atoms with Crippen molar-refractivity contribution >= 4 is 34.7 Å². The minimum absolute atomic E-state index is 0.209. The molecule has 0 atom stereocenters. The third-order valence-corrected chi connectivity index (χ3v) is 3.10. The summed E-state index contributed by atoms with van der Waals surface area (Å²) >= 11 is 2.17. The van der Waals surface area contributed by atoms with E-state index < -0.39 is 0 Å². The zero-order valence-corrected chi connectivity index (χ0v) is 12.0. The normalized spacial score (nSPS) is 10.8. The van der Waals surface area contributed by atoms with Crippen molar-refractivity contribution in [2.75, 3.05) is 0 Å². The molecule has 0 unspecified atom stereocenters. The second-order valence-corrected chi connectivity index (χ2v) is 5.00. The number of halogens is 1. The molecular weight excluding hydrogens is 341 g/mol. The first-order valence-corrected chi connectivity index (χ1v) is 6.45. The van der Waals surface area contributed by atoms with Gasteiger partial charge in [0.2, 0.25) is 0 Å². The van der Waals surface area contributed by atoms with Gasteiger partial charge in [0.1, 0.15) is 0 Å². The smallest absolute Gasteiger partial charge is 0.271 e. The molecule has 0 saturated carbocycles. The number of hydrogen-bond donors (Lipinski definition) is 1. The predicted octanol–water partition coefficient (Wildman–Crippen LogP) is 2.39. The van der Waals surface area contributed by atoms with Crippen LogP contribution in [0.15, 0.2) is 47.7 Å². The Morgan fingerprint density at radius 1 is 1.39 bits per heavy atom. The highest BCUT2D eigenvalue weighted by Crippen LogP contribution is 2.07. The Hall–Kier alpha value is -1.63. The van der Waals surface area contributed by atoms with Crippen LogP contribution in [-0.2, 0) is 7.05 Å². The van der Waals surface area contributed by atoms with E-state index >= 15 is 0 Å². The molecule has 1 N–H and O–H groups in total. The number of aryl methyl sites for hydroxylation is 1. The lowest BCUT2D eigenvalue weighted by Gasteiger charge is -2.00. The van der Waals surface area contributed by atoms with Gasteiger partial charge in [0.25, 0.3) is 5.91 Å². The van der Waals surface area contributed by atoms with E-state index in [0.29, 0.717) is 5.56 Å². The average molecular weight is 353 g/mol. The summed E-state index contributed by atoms with van der Waals surface area (Å²) in [6, 6.07) is 11.2. The highest BCUT2D eigenvalue weighted by atomic mass is 127. The van der Waals surface area contributed by atoms with Crippen molar-refractivity contribution in [2.45, 2.75) is 0 Å². The molecule has 0 bridgehead atoms. The lowest BCUT2D eigenvalue weighted by atomic mass is 10.2. The molecule has 0 saturated heterocycles. The van der Waals surface area contributed by atoms with Crippen LogP contribution in [0.25, 0.3) is 0 Å². The van der Waals surface area contributed by atoms with E-state index in [9.17, 15) is 4.79 Å². The lowest BCUT2D eigenvalue weighted by Crippen LogP contribution is -2.17. The van der Waals surface area contributed by atoms with Crippen LogP contribution in [0, 0.1) is 3.57 Å². The van der Waals surface area contributed by atoms with E-state index in [1.165, 1.54) is 0 Å². The monoisotopic (exact) mass is 353 g/mol. The molecule has 0 radical (unpaired) electrons. The van der Waals surface area contributed by atoms with Crippen LogP contribution in [-0.4, -0.2) is 16.7 Å². The molecule has 2 aromatic rings. The third kappa shape index (κ3) is 3.19. The zero-order chi connectivity index (χ0) is 13.0. The zero-order valence-electron chi connectivity index (χ0n) is 9.80. The average Bonchev–Trinajstić information content (AvgIpc) is 2.75. The standard InChI is InChI=1S/C13H12IN3O/c1-17-7-3-6-12(17)9-15-16-13(18)10-4-2-5-11(14)8-10/h2-9H,1H3,(H,16,18)/b15-9-. The van der Waals surface area contributed by atoms with E-state index in [0.717, 1.165) is 9.26 Å². The highest BCUT2D eigenvalue weighted by Gasteiger charge is 2.03. The number of rotatable bonds is 3. The molecule has 0 spiro atoms. The summed E-state index contributed by atoms with van der Waals surface area (Å²) in [6.07, 6.45) is 3.54. The van der Waals surface area contributed by atoms with Crippen LogP contribution in [0.4, 0.5) is 0 Å². The summed E-state index contributed by atoms with van der Waals surface area (Å²) in [5.41, 5.74) is 4.04. The Morgan fingerprint density at radius 2 is 2.22 bits per heavy atom. The fourth-order valence-corrected chi connectivity index (χ4v) is 2.00. The lowest BCUT2D eigenvalue weighted by molar-refractivity contribution is 0.0955. The number of hydrogen-bond acceptors (Lipinski definition) is 2. The molecule has 5 heteroatoms. The van der Waals surface area contributed by atoms with Crippen LogP contribution in [0.2, 0.25) is 0 Å². The van der Waals surface area contributed by atoms with Gasteiger partial charge in [-0.15, -0.1) is 0 Å². The van der Waals surface area contributed by atoms with E-state index in [-0.39, 0.29) is 5.91 Å². The van der Waals surface area contributed by atoms with Crippen LogP contribution in [0.5, 0.6) is 0 Å². The van der Waals surface area contributed by atoms with Gasteiger partial charge in [-0.3, -0.25) is 4.79 Å². The summed E-state index contributed by atoms with van der Waals surface area (Å²) in [5, 5.41) is 3.93. The Morgan fingerprint density at radius 3 is 2.89 bits per heavy atom. The number of amides is 1. The topological polar surface area (TPSA) is 46.4 Å². The second kappa shape index (κ2) is 5.81. The number of carbonyl (C=O) groups excluding carboxylic acids is 1.